The van der Waals surface area contributed by atoms with Crippen LogP contribution in [0.25, 0.3) is 0 Å². The van der Waals surface area contributed by atoms with Gasteiger partial charge in [-0.1, -0.05) is 13.8 Å². The van der Waals surface area contributed by atoms with Gasteiger partial charge in [-0.2, -0.15) is 11.8 Å². The van der Waals surface area contributed by atoms with Crippen LogP contribution in [0.4, 0.5) is 0 Å². The second kappa shape index (κ2) is 5.28. The fourth-order valence-corrected chi connectivity index (χ4v) is 4.19. The average molecular weight is 242 g/mol. The lowest BCUT2D eigenvalue weighted by atomic mass is 9.92. The Labute approximate surface area is 105 Å². The molecule has 0 bridgehead atoms. The lowest BCUT2D eigenvalue weighted by Gasteiger charge is -2.43. The fraction of sp³-hybridized carbons (Fsp3) is 1.00. The van der Waals surface area contributed by atoms with Gasteiger partial charge >= 0.3 is 0 Å². The van der Waals surface area contributed by atoms with Crippen LogP contribution in [0.2, 0.25) is 0 Å². The van der Waals surface area contributed by atoms with Crippen molar-refractivity contribution in [3.05, 3.63) is 0 Å². The van der Waals surface area contributed by atoms with E-state index in [4.69, 9.17) is 0 Å². The van der Waals surface area contributed by atoms with Gasteiger partial charge in [0.05, 0.1) is 0 Å². The van der Waals surface area contributed by atoms with Crippen molar-refractivity contribution in [2.45, 2.75) is 56.9 Å². The van der Waals surface area contributed by atoms with Crippen molar-refractivity contribution in [1.82, 2.24) is 10.2 Å². The molecule has 16 heavy (non-hydrogen) atoms. The zero-order valence-corrected chi connectivity index (χ0v) is 11.8. The normalized spacial score (nSPS) is 41.4. The van der Waals surface area contributed by atoms with Crippen molar-refractivity contribution in [2.75, 3.05) is 25.4 Å². The van der Waals surface area contributed by atoms with E-state index in [1.165, 1.54) is 44.6 Å². The number of rotatable bonds is 3. The van der Waals surface area contributed by atoms with E-state index in [0.29, 0.717) is 5.54 Å². The summed E-state index contributed by atoms with van der Waals surface area (Å²) in [5.41, 5.74) is 0.427. The van der Waals surface area contributed by atoms with E-state index >= 15 is 0 Å². The standard InChI is InChI=1S/C13H26N2S/c1-4-13(6-5-7-14-13)10-15-8-9-16-12(3)11(15)2/h11-12,14H,4-10H2,1-3H3. The van der Waals surface area contributed by atoms with Crippen molar-refractivity contribution in [3.63, 3.8) is 0 Å². The Kier molecular flexibility index (Phi) is 4.20. The van der Waals surface area contributed by atoms with Crippen molar-refractivity contribution < 1.29 is 0 Å². The van der Waals surface area contributed by atoms with Crippen molar-refractivity contribution >= 4 is 11.8 Å². The number of hydrogen-bond donors (Lipinski definition) is 1. The highest BCUT2D eigenvalue weighted by atomic mass is 32.2. The third-order valence-corrected chi connectivity index (χ3v) is 5.87. The molecule has 0 spiro atoms. The lowest BCUT2D eigenvalue weighted by molar-refractivity contribution is 0.149. The van der Waals surface area contributed by atoms with E-state index in [2.05, 4.69) is 42.7 Å². The first kappa shape index (κ1) is 12.7. The first-order chi connectivity index (χ1) is 7.67. The lowest BCUT2D eigenvalue weighted by Crippen LogP contribution is -2.55. The van der Waals surface area contributed by atoms with Crippen molar-refractivity contribution in [2.24, 2.45) is 0 Å². The van der Waals surface area contributed by atoms with E-state index in [-0.39, 0.29) is 0 Å². The summed E-state index contributed by atoms with van der Waals surface area (Å²) in [5.74, 6) is 1.31. The van der Waals surface area contributed by atoms with Gasteiger partial charge in [0, 0.05) is 35.7 Å². The molecule has 0 radical (unpaired) electrons. The molecule has 3 atom stereocenters. The van der Waals surface area contributed by atoms with Gasteiger partial charge in [0.15, 0.2) is 0 Å². The molecule has 0 aromatic rings. The Morgan fingerprint density at radius 3 is 2.88 bits per heavy atom. The fourth-order valence-electron chi connectivity index (χ4n) is 3.02. The van der Waals surface area contributed by atoms with Crippen LogP contribution in [-0.4, -0.2) is 47.1 Å². The maximum Gasteiger partial charge on any atom is 0.0306 e. The largest absolute Gasteiger partial charge is 0.310 e. The first-order valence-corrected chi connectivity index (χ1v) is 7.82. The first-order valence-electron chi connectivity index (χ1n) is 6.77. The molecule has 0 aliphatic carbocycles. The molecular weight excluding hydrogens is 216 g/mol. The van der Waals surface area contributed by atoms with Gasteiger partial charge in [0.2, 0.25) is 0 Å². The SMILES string of the molecule is CCC1(CN2CCSC(C)C2C)CCCN1. The predicted molar refractivity (Wildman–Crippen MR) is 73.2 cm³/mol. The molecule has 0 saturated carbocycles. The molecule has 2 saturated heterocycles. The number of nitrogens with one attached hydrogen (secondary N) is 1. The monoisotopic (exact) mass is 242 g/mol. The minimum Gasteiger partial charge on any atom is -0.310 e. The smallest absolute Gasteiger partial charge is 0.0306 e. The van der Waals surface area contributed by atoms with Crippen LogP contribution in [0, 0.1) is 0 Å². The molecule has 0 amide bonds. The summed E-state index contributed by atoms with van der Waals surface area (Å²) in [6.45, 7) is 10.9. The molecule has 2 nitrogen and oxygen atoms in total. The molecule has 0 aromatic heterocycles. The Bertz CT molecular complexity index is 226. The van der Waals surface area contributed by atoms with E-state index < -0.39 is 0 Å². The van der Waals surface area contributed by atoms with Gasteiger partial charge in [-0.25, -0.2) is 0 Å². The highest BCUT2D eigenvalue weighted by Gasteiger charge is 2.36. The van der Waals surface area contributed by atoms with Crippen LogP contribution < -0.4 is 5.32 Å². The minimum absolute atomic E-state index is 0.427. The van der Waals surface area contributed by atoms with Crippen molar-refractivity contribution in [3.8, 4) is 0 Å². The molecule has 3 unspecified atom stereocenters. The van der Waals surface area contributed by atoms with Crippen LogP contribution in [0.3, 0.4) is 0 Å². The molecule has 2 heterocycles. The zero-order valence-electron chi connectivity index (χ0n) is 11.0. The molecule has 2 aliphatic heterocycles. The third-order valence-electron chi connectivity index (χ3n) is 4.53. The summed E-state index contributed by atoms with van der Waals surface area (Å²) >= 11 is 2.13. The van der Waals surface area contributed by atoms with E-state index in [9.17, 15) is 0 Å². The Hall–Kier alpha value is 0.270. The second-order valence-corrected chi connectivity index (χ2v) is 6.94. The molecule has 0 aromatic carbocycles. The highest BCUT2D eigenvalue weighted by molar-refractivity contribution is 8.00. The molecule has 94 valence electrons. The number of nitrogens with zero attached hydrogens (tertiary/aromatic N) is 1. The number of thioether (sulfide) groups is 1. The van der Waals surface area contributed by atoms with Crippen molar-refractivity contribution in [1.29, 1.82) is 0 Å². The molecular formula is C13H26N2S. The van der Waals surface area contributed by atoms with Gasteiger partial charge in [0.1, 0.15) is 0 Å². The quantitative estimate of drug-likeness (QED) is 0.818. The second-order valence-electron chi connectivity index (χ2n) is 5.45. The summed E-state index contributed by atoms with van der Waals surface area (Å²) in [5, 5.41) is 4.55. The Balaban J connectivity index is 1.96. The summed E-state index contributed by atoms with van der Waals surface area (Å²) in [6, 6.07) is 0.740. The van der Waals surface area contributed by atoms with Gasteiger partial charge in [0.25, 0.3) is 0 Å². The van der Waals surface area contributed by atoms with Crippen LogP contribution in [0.15, 0.2) is 0 Å². The van der Waals surface area contributed by atoms with Crippen LogP contribution in [0.5, 0.6) is 0 Å². The minimum atomic E-state index is 0.427. The molecule has 2 aliphatic rings. The highest BCUT2D eigenvalue weighted by Crippen LogP contribution is 2.29. The van der Waals surface area contributed by atoms with Crippen LogP contribution in [-0.2, 0) is 0 Å². The maximum atomic E-state index is 3.75. The van der Waals surface area contributed by atoms with Gasteiger partial charge in [-0.05, 0) is 32.7 Å². The average Bonchev–Trinajstić information content (AvgIpc) is 2.74. The Morgan fingerprint density at radius 1 is 1.44 bits per heavy atom. The summed E-state index contributed by atoms with van der Waals surface area (Å²) in [4.78, 5) is 2.71. The summed E-state index contributed by atoms with van der Waals surface area (Å²) in [7, 11) is 0. The van der Waals surface area contributed by atoms with E-state index in [0.717, 1.165) is 11.3 Å². The van der Waals surface area contributed by atoms with Crippen LogP contribution >= 0.6 is 11.8 Å². The summed E-state index contributed by atoms with van der Waals surface area (Å²) in [6.07, 6.45) is 4.01. The predicted octanol–water partition coefficient (Wildman–Crippen LogP) is 2.34. The summed E-state index contributed by atoms with van der Waals surface area (Å²) < 4.78 is 0. The van der Waals surface area contributed by atoms with Gasteiger partial charge < -0.3 is 5.32 Å². The maximum absolute atomic E-state index is 3.75. The molecule has 2 rings (SSSR count). The zero-order chi connectivity index (χ0) is 11.6. The van der Waals surface area contributed by atoms with Gasteiger partial charge in [-0.15, -0.1) is 0 Å². The topological polar surface area (TPSA) is 15.3 Å². The molecule has 3 heteroatoms. The van der Waals surface area contributed by atoms with Gasteiger partial charge in [-0.3, -0.25) is 4.90 Å². The molecule has 2 fully saturated rings. The van der Waals surface area contributed by atoms with E-state index in [1.807, 2.05) is 0 Å². The third kappa shape index (κ3) is 2.57. The molecule has 1 N–H and O–H groups in total. The Morgan fingerprint density at radius 2 is 2.25 bits per heavy atom. The number of hydrogen-bond acceptors (Lipinski definition) is 3. The van der Waals surface area contributed by atoms with E-state index in [1.54, 1.807) is 0 Å². The van der Waals surface area contributed by atoms with Crippen LogP contribution in [0.1, 0.15) is 40.0 Å².